The first-order valence-electron chi connectivity index (χ1n) is 25.9. The van der Waals surface area contributed by atoms with Crippen LogP contribution in [0.15, 0.2) is 206 Å². The lowest BCUT2D eigenvalue weighted by Crippen LogP contribution is -2.24. The van der Waals surface area contributed by atoms with Gasteiger partial charge in [0.1, 0.15) is 23.3 Å². The Hall–Kier alpha value is -7.84. The van der Waals surface area contributed by atoms with Gasteiger partial charge in [0.15, 0.2) is 0 Å². The highest BCUT2D eigenvalue weighted by molar-refractivity contribution is 5.81. The number of aromatic nitrogens is 2. The summed E-state index contributed by atoms with van der Waals surface area (Å²) in [6.45, 7) is 8.50. The minimum Gasteiger partial charge on any atom is -0.310 e. The predicted molar refractivity (Wildman–Crippen MR) is 296 cm³/mol. The van der Waals surface area contributed by atoms with Crippen molar-refractivity contribution >= 4 is 34.1 Å². The highest BCUT2D eigenvalue weighted by Crippen LogP contribution is 2.44. The first kappa shape index (κ1) is 51.1. The fourth-order valence-electron chi connectivity index (χ4n) is 10.2. The van der Waals surface area contributed by atoms with Crippen molar-refractivity contribution in [1.82, 2.24) is 9.97 Å². The molecule has 0 saturated carbocycles. The number of anilines is 6. The van der Waals surface area contributed by atoms with E-state index in [-0.39, 0.29) is 22.5 Å². The standard InChI is InChI=1S/C66H62F4N4/c1-5-21-47(25-20-19-22-46(6-2)48-23-11-7-12-24-48)49-32-36-55(37-33-49)74(54-30-17-10-18-31-54)57-43-63(59-39-35-51(68)41-61(59)70)72-65(45-57)66(3,4)64-44-56(42-62(71-64)58-38-34-50(67)40-60(58)69)73(52-26-13-8-14-27-52)53-28-15-9-16-29-53/h7-18,23-24,26-47H,5-6,19-22,25H2,1-4H3. The monoisotopic (exact) mass is 986 g/mol. The largest absolute Gasteiger partial charge is 0.310 e. The fraction of sp³-hybridized carbons (Fsp3) is 0.212. The molecule has 0 aliphatic heterocycles. The van der Waals surface area contributed by atoms with Gasteiger partial charge in [-0.05, 0) is 160 Å². The summed E-state index contributed by atoms with van der Waals surface area (Å²) in [5, 5.41) is 0. The number of rotatable bonds is 20. The second-order valence-electron chi connectivity index (χ2n) is 19.6. The van der Waals surface area contributed by atoms with Crippen LogP contribution in [-0.2, 0) is 5.41 Å². The van der Waals surface area contributed by atoms with Crippen molar-refractivity contribution in [3.05, 3.63) is 252 Å². The van der Waals surface area contributed by atoms with Gasteiger partial charge >= 0.3 is 0 Å². The summed E-state index contributed by atoms with van der Waals surface area (Å²) in [7, 11) is 0. The number of hydrogen-bond donors (Lipinski definition) is 0. The SMILES string of the molecule is CCCC(CCCCC(CC)c1ccccc1)c1ccc(N(c2ccccc2)c2cc(-c3ccc(F)cc3F)nc(C(C)(C)c3cc(N(c4ccccc4)c4ccccc4)cc(-c4ccc(F)cc4F)n3)c2)cc1. The quantitative estimate of drug-likeness (QED) is 0.0563. The Bertz CT molecular complexity index is 3220. The van der Waals surface area contributed by atoms with Gasteiger partial charge in [0.25, 0.3) is 0 Å². The molecule has 9 rings (SSSR count). The first-order chi connectivity index (χ1) is 36.0. The molecule has 0 saturated heterocycles. The van der Waals surface area contributed by atoms with Crippen LogP contribution in [0.1, 0.15) is 107 Å². The number of unbranched alkanes of at least 4 members (excludes halogenated alkanes) is 1. The summed E-state index contributed by atoms with van der Waals surface area (Å²) >= 11 is 0. The van der Waals surface area contributed by atoms with E-state index in [1.165, 1.54) is 48.2 Å². The lowest BCUT2D eigenvalue weighted by molar-refractivity contribution is 0.495. The Balaban J connectivity index is 1.15. The van der Waals surface area contributed by atoms with E-state index >= 15 is 8.78 Å². The molecule has 9 aromatic rings. The molecule has 2 unspecified atom stereocenters. The van der Waals surface area contributed by atoms with Crippen molar-refractivity contribution in [3.63, 3.8) is 0 Å². The molecule has 4 nitrogen and oxygen atoms in total. The van der Waals surface area contributed by atoms with E-state index in [9.17, 15) is 8.78 Å². The van der Waals surface area contributed by atoms with Crippen molar-refractivity contribution in [2.45, 2.75) is 89.9 Å². The lowest BCUT2D eigenvalue weighted by atomic mass is 9.83. The van der Waals surface area contributed by atoms with Gasteiger partial charge < -0.3 is 9.80 Å². The number of para-hydroxylation sites is 3. The van der Waals surface area contributed by atoms with Crippen LogP contribution in [0.5, 0.6) is 0 Å². The summed E-state index contributed by atoms with van der Waals surface area (Å²) in [6.07, 6.45) is 7.91. The van der Waals surface area contributed by atoms with Gasteiger partial charge in [-0.2, -0.15) is 0 Å². The highest BCUT2D eigenvalue weighted by Gasteiger charge is 2.32. The molecule has 0 N–H and O–H groups in total. The molecule has 2 atom stereocenters. The topological polar surface area (TPSA) is 32.3 Å². The van der Waals surface area contributed by atoms with Crippen LogP contribution < -0.4 is 9.80 Å². The highest BCUT2D eigenvalue weighted by atomic mass is 19.1. The van der Waals surface area contributed by atoms with Crippen molar-refractivity contribution in [2.24, 2.45) is 0 Å². The van der Waals surface area contributed by atoms with Crippen LogP contribution in [0.2, 0.25) is 0 Å². The molecule has 2 heterocycles. The molecule has 0 fully saturated rings. The molecular formula is C66H62F4N4. The molecular weight excluding hydrogens is 925 g/mol. The van der Waals surface area contributed by atoms with E-state index in [2.05, 4.69) is 78.2 Å². The average Bonchev–Trinajstić information content (AvgIpc) is 3.42. The van der Waals surface area contributed by atoms with Gasteiger partial charge in [-0.15, -0.1) is 0 Å². The zero-order valence-electron chi connectivity index (χ0n) is 42.5. The molecule has 74 heavy (non-hydrogen) atoms. The maximum atomic E-state index is 16.1. The maximum absolute atomic E-state index is 16.1. The van der Waals surface area contributed by atoms with E-state index in [1.54, 1.807) is 6.07 Å². The second-order valence-corrected chi connectivity index (χ2v) is 19.6. The third-order valence-electron chi connectivity index (χ3n) is 14.3. The first-order valence-corrected chi connectivity index (χ1v) is 25.9. The van der Waals surface area contributed by atoms with Crippen molar-refractivity contribution in [1.29, 1.82) is 0 Å². The van der Waals surface area contributed by atoms with Crippen LogP contribution in [0.3, 0.4) is 0 Å². The number of halogens is 4. The Morgan fingerprint density at radius 3 is 1.20 bits per heavy atom. The van der Waals surface area contributed by atoms with E-state index < -0.39 is 28.7 Å². The van der Waals surface area contributed by atoms with Crippen LogP contribution in [-0.4, -0.2) is 9.97 Å². The van der Waals surface area contributed by atoms with Crippen LogP contribution in [0, 0.1) is 23.3 Å². The van der Waals surface area contributed by atoms with Gasteiger partial charge in [0, 0.05) is 51.4 Å². The van der Waals surface area contributed by atoms with Gasteiger partial charge in [-0.3, -0.25) is 9.97 Å². The molecule has 0 spiro atoms. The molecule has 0 amide bonds. The Morgan fingerprint density at radius 1 is 0.405 bits per heavy atom. The third kappa shape index (κ3) is 11.7. The fourth-order valence-corrected chi connectivity index (χ4v) is 10.2. The second kappa shape index (κ2) is 23.4. The van der Waals surface area contributed by atoms with E-state index in [0.29, 0.717) is 34.6 Å². The van der Waals surface area contributed by atoms with Crippen molar-refractivity contribution < 1.29 is 17.6 Å². The van der Waals surface area contributed by atoms with Crippen molar-refractivity contribution in [3.8, 4) is 22.5 Å². The van der Waals surface area contributed by atoms with Crippen LogP contribution in [0.4, 0.5) is 51.7 Å². The van der Waals surface area contributed by atoms with E-state index in [0.717, 1.165) is 67.0 Å². The van der Waals surface area contributed by atoms with Crippen LogP contribution in [0.25, 0.3) is 22.5 Å². The average molecular weight is 987 g/mol. The maximum Gasteiger partial charge on any atom is 0.135 e. The Labute approximate surface area is 434 Å². The summed E-state index contributed by atoms with van der Waals surface area (Å²) in [6, 6.07) is 64.0. The van der Waals surface area contributed by atoms with Gasteiger partial charge in [-0.1, -0.05) is 130 Å². The molecule has 8 heteroatoms. The summed E-state index contributed by atoms with van der Waals surface area (Å²) in [5.74, 6) is -1.93. The molecule has 2 aromatic heterocycles. The number of nitrogens with zero attached hydrogens (tertiary/aromatic N) is 4. The Kier molecular flexibility index (Phi) is 16.1. The molecule has 0 bridgehead atoms. The summed E-state index contributed by atoms with van der Waals surface area (Å²) in [5.41, 5.74) is 8.33. The normalized spacial score (nSPS) is 12.3. The third-order valence-corrected chi connectivity index (χ3v) is 14.3. The molecule has 0 aliphatic carbocycles. The minimum absolute atomic E-state index is 0.121. The minimum atomic E-state index is -1.06. The van der Waals surface area contributed by atoms with Gasteiger partial charge in [0.2, 0.25) is 0 Å². The Morgan fingerprint density at radius 2 is 0.797 bits per heavy atom. The molecule has 7 aromatic carbocycles. The molecule has 0 radical (unpaired) electrons. The molecule has 0 aliphatic rings. The predicted octanol–water partition coefficient (Wildman–Crippen LogP) is 19.3. The zero-order chi connectivity index (χ0) is 51.6. The van der Waals surface area contributed by atoms with Gasteiger partial charge in [-0.25, -0.2) is 17.6 Å². The van der Waals surface area contributed by atoms with Gasteiger partial charge in [0.05, 0.1) is 34.2 Å². The summed E-state index contributed by atoms with van der Waals surface area (Å²) in [4.78, 5) is 14.6. The van der Waals surface area contributed by atoms with Crippen molar-refractivity contribution in [2.75, 3.05) is 9.80 Å². The van der Waals surface area contributed by atoms with E-state index in [4.69, 9.17) is 9.97 Å². The number of benzene rings is 7. The number of pyridine rings is 2. The smallest absolute Gasteiger partial charge is 0.135 e. The summed E-state index contributed by atoms with van der Waals surface area (Å²) < 4.78 is 61.1. The lowest BCUT2D eigenvalue weighted by Gasteiger charge is -2.31. The van der Waals surface area contributed by atoms with Crippen LogP contribution >= 0.6 is 0 Å². The number of hydrogen-bond acceptors (Lipinski definition) is 4. The molecule has 374 valence electrons. The zero-order valence-corrected chi connectivity index (χ0v) is 42.5. The van der Waals surface area contributed by atoms with E-state index in [1.807, 2.05) is 123 Å².